The Bertz CT molecular complexity index is 561. The highest BCUT2D eigenvalue weighted by atomic mass is 16.8. The summed E-state index contributed by atoms with van der Waals surface area (Å²) in [6, 6.07) is -0.332. The molecule has 0 radical (unpaired) electrons. The lowest BCUT2D eigenvalue weighted by Gasteiger charge is -2.39. The molecule has 2 aliphatic heterocycles. The fraction of sp³-hybridized carbons (Fsp3) is 0.750. The zero-order chi connectivity index (χ0) is 15.2. The zero-order valence-electron chi connectivity index (χ0n) is 11.8. The molecule has 2 bridgehead atoms. The Labute approximate surface area is 120 Å². The summed E-state index contributed by atoms with van der Waals surface area (Å²) in [5.41, 5.74) is 0. The van der Waals surface area contributed by atoms with Gasteiger partial charge in [0.2, 0.25) is 17.9 Å². The van der Waals surface area contributed by atoms with E-state index in [1.807, 2.05) is 0 Å². The maximum atomic E-state index is 10.8. The molecule has 3 heterocycles. The summed E-state index contributed by atoms with van der Waals surface area (Å²) >= 11 is 0. The van der Waals surface area contributed by atoms with Crippen molar-refractivity contribution < 1.29 is 24.2 Å². The molecule has 4 atom stereocenters. The highest BCUT2D eigenvalue weighted by molar-refractivity contribution is 5.18. The van der Waals surface area contributed by atoms with Crippen LogP contribution >= 0.6 is 0 Å². The van der Waals surface area contributed by atoms with Gasteiger partial charge in [-0.2, -0.15) is 0 Å². The smallest absolute Gasteiger partial charge is 0.361 e. The monoisotopic (exact) mass is 299 g/mol. The minimum atomic E-state index is -1.56. The maximum absolute atomic E-state index is 10.8. The van der Waals surface area contributed by atoms with Crippen LogP contribution in [0.25, 0.3) is 0 Å². The Morgan fingerprint density at radius 2 is 2.48 bits per heavy atom. The van der Waals surface area contributed by atoms with Gasteiger partial charge in [0.1, 0.15) is 12.3 Å². The number of hydrogen-bond acceptors (Lipinski definition) is 7. The molecule has 3 rings (SSSR count). The van der Waals surface area contributed by atoms with Gasteiger partial charge >= 0.3 is 5.82 Å². The molecule has 0 amide bonds. The first-order valence-corrected chi connectivity index (χ1v) is 6.78. The van der Waals surface area contributed by atoms with E-state index in [1.54, 1.807) is 18.4 Å². The van der Waals surface area contributed by atoms with Crippen LogP contribution in [0.5, 0.6) is 0 Å². The van der Waals surface area contributed by atoms with Crippen molar-refractivity contribution in [2.75, 3.05) is 13.2 Å². The summed E-state index contributed by atoms with van der Waals surface area (Å²) < 4.78 is 18.1. The zero-order valence-corrected chi connectivity index (χ0v) is 11.8. The summed E-state index contributed by atoms with van der Waals surface area (Å²) in [5, 5.41) is 21.4. The van der Waals surface area contributed by atoms with Crippen LogP contribution in [0.4, 0.5) is 5.82 Å². The number of aliphatic hydroxyl groups is 1. The van der Waals surface area contributed by atoms with E-state index in [-0.39, 0.29) is 24.4 Å². The fourth-order valence-corrected chi connectivity index (χ4v) is 2.93. The third-order valence-corrected chi connectivity index (χ3v) is 3.85. The van der Waals surface area contributed by atoms with E-state index in [9.17, 15) is 15.2 Å². The number of aryl methyl sites for hydroxylation is 1. The van der Waals surface area contributed by atoms with Crippen molar-refractivity contribution in [1.82, 2.24) is 9.55 Å². The van der Waals surface area contributed by atoms with Gasteiger partial charge in [0.15, 0.2) is 0 Å². The van der Waals surface area contributed by atoms with Crippen molar-refractivity contribution in [2.45, 2.75) is 44.5 Å². The highest BCUT2D eigenvalue weighted by Crippen LogP contribution is 2.42. The molecule has 2 aliphatic rings. The van der Waals surface area contributed by atoms with Gasteiger partial charge in [-0.05, 0) is 16.8 Å². The lowest BCUT2D eigenvalue weighted by atomic mass is 9.98. The lowest BCUT2D eigenvalue weighted by molar-refractivity contribution is -0.389. The molecule has 2 saturated heterocycles. The molecular weight excluding hydrogens is 282 g/mol. The minimum absolute atomic E-state index is 0.227. The SMILES string of the molecule is CCO[C@]1(O)C[C@H](n2cc([N+](=O)[O-])nc2C)[C@H]2CO[C@H]1O2. The highest BCUT2D eigenvalue weighted by Gasteiger charge is 2.55. The van der Waals surface area contributed by atoms with Gasteiger partial charge in [-0.25, -0.2) is 0 Å². The van der Waals surface area contributed by atoms with Crippen LogP contribution in [-0.2, 0) is 14.2 Å². The van der Waals surface area contributed by atoms with Gasteiger partial charge in [0, 0.05) is 20.0 Å². The predicted molar refractivity (Wildman–Crippen MR) is 68.5 cm³/mol. The second-order valence-corrected chi connectivity index (χ2v) is 5.20. The summed E-state index contributed by atoms with van der Waals surface area (Å²) in [5.74, 6) is -1.30. The van der Waals surface area contributed by atoms with Gasteiger partial charge in [-0.1, -0.05) is 0 Å². The van der Waals surface area contributed by atoms with E-state index in [4.69, 9.17) is 14.2 Å². The van der Waals surface area contributed by atoms with Gasteiger partial charge in [-0.15, -0.1) is 0 Å². The Hall–Kier alpha value is -1.55. The van der Waals surface area contributed by atoms with Crippen molar-refractivity contribution in [3.8, 4) is 0 Å². The Kier molecular flexibility index (Phi) is 3.44. The Morgan fingerprint density at radius 3 is 3.10 bits per heavy atom. The fourth-order valence-electron chi connectivity index (χ4n) is 2.93. The first-order chi connectivity index (χ1) is 9.94. The van der Waals surface area contributed by atoms with E-state index in [2.05, 4.69) is 4.98 Å². The number of imidazole rings is 1. The Balaban J connectivity index is 1.92. The van der Waals surface area contributed by atoms with Crippen molar-refractivity contribution in [3.05, 3.63) is 22.1 Å². The van der Waals surface area contributed by atoms with Crippen molar-refractivity contribution >= 4 is 5.82 Å². The Morgan fingerprint density at radius 1 is 1.71 bits per heavy atom. The molecule has 9 nitrogen and oxygen atoms in total. The molecule has 0 aliphatic carbocycles. The number of hydrogen-bond donors (Lipinski definition) is 1. The number of ether oxygens (including phenoxy) is 3. The van der Waals surface area contributed by atoms with Crippen LogP contribution in [0, 0.1) is 17.0 Å². The molecule has 116 valence electrons. The third-order valence-electron chi connectivity index (χ3n) is 3.85. The topological polar surface area (TPSA) is 109 Å². The number of fused-ring (bicyclic) bond motifs is 2. The second kappa shape index (κ2) is 5.02. The molecule has 21 heavy (non-hydrogen) atoms. The van der Waals surface area contributed by atoms with E-state index in [0.29, 0.717) is 19.0 Å². The average molecular weight is 299 g/mol. The molecule has 1 N–H and O–H groups in total. The first-order valence-electron chi connectivity index (χ1n) is 6.78. The van der Waals surface area contributed by atoms with Crippen LogP contribution in [0.2, 0.25) is 0 Å². The van der Waals surface area contributed by atoms with Gasteiger partial charge < -0.3 is 34.0 Å². The summed E-state index contributed by atoms with van der Waals surface area (Å²) in [6.45, 7) is 4.05. The van der Waals surface area contributed by atoms with Crippen molar-refractivity contribution in [3.63, 3.8) is 0 Å². The maximum Gasteiger partial charge on any atom is 0.381 e. The lowest BCUT2D eigenvalue weighted by Crippen LogP contribution is -2.52. The van der Waals surface area contributed by atoms with Gasteiger partial charge in [-0.3, -0.25) is 0 Å². The summed E-state index contributed by atoms with van der Waals surface area (Å²) in [4.78, 5) is 14.2. The number of aromatic nitrogens is 2. The molecule has 1 aromatic rings. The number of nitro groups is 1. The molecule has 0 spiro atoms. The average Bonchev–Trinajstić information content (AvgIpc) is 3.01. The predicted octanol–water partition coefficient (Wildman–Crippen LogP) is 0.511. The quantitative estimate of drug-likeness (QED) is 0.490. The molecule has 0 saturated carbocycles. The minimum Gasteiger partial charge on any atom is -0.361 e. The van der Waals surface area contributed by atoms with E-state index >= 15 is 0 Å². The number of nitrogens with zero attached hydrogens (tertiary/aromatic N) is 3. The summed E-state index contributed by atoms with van der Waals surface area (Å²) in [6.07, 6.45) is 0.472. The molecule has 0 unspecified atom stereocenters. The van der Waals surface area contributed by atoms with E-state index in [0.717, 1.165) is 0 Å². The standard InChI is InChI=1S/C12H17N3O6/c1-3-20-12(16)4-8(9-6-19-11(12)21-9)14-5-10(15(17)18)13-7(14)2/h5,8-9,11,16H,3-4,6H2,1-2H3/t8-,9+,11-,12+/m0/s1. The van der Waals surface area contributed by atoms with Gasteiger partial charge in [0.05, 0.1) is 12.6 Å². The van der Waals surface area contributed by atoms with Crippen molar-refractivity contribution in [2.24, 2.45) is 0 Å². The summed E-state index contributed by atoms with van der Waals surface area (Å²) in [7, 11) is 0. The van der Waals surface area contributed by atoms with Crippen molar-refractivity contribution in [1.29, 1.82) is 0 Å². The van der Waals surface area contributed by atoms with E-state index in [1.165, 1.54) is 6.20 Å². The third kappa shape index (κ3) is 2.31. The molecule has 9 heteroatoms. The molecule has 0 aromatic carbocycles. The largest absolute Gasteiger partial charge is 0.381 e. The normalized spacial score (nSPS) is 35.1. The van der Waals surface area contributed by atoms with Crippen LogP contribution < -0.4 is 0 Å². The molecular formula is C12H17N3O6. The number of rotatable bonds is 4. The van der Waals surface area contributed by atoms with Crippen LogP contribution in [0.15, 0.2) is 6.20 Å². The van der Waals surface area contributed by atoms with Crippen LogP contribution in [0.3, 0.4) is 0 Å². The first kappa shape index (κ1) is 14.4. The second-order valence-electron chi connectivity index (χ2n) is 5.20. The van der Waals surface area contributed by atoms with E-state index < -0.39 is 17.0 Å². The van der Waals surface area contributed by atoms with Crippen LogP contribution in [-0.4, -0.2) is 51.0 Å². The molecule has 1 aromatic heterocycles. The van der Waals surface area contributed by atoms with Crippen LogP contribution in [0.1, 0.15) is 25.2 Å². The molecule has 2 fully saturated rings. The van der Waals surface area contributed by atoms with Gasteiger partial charge in [0.25, 0.3) is 0 Å².